The van der Waals surface area contributed by atoms with Crippen LogP contribution in [0.1, 0.15) is 184 Å². The Kier molecular flexibility index (Phi) is 16.0. The molecule has 4 N–H and O–H groups in total. The highest BCUT2D eigenvalue weighted by atomic mass is 16.8. The molecule has 4 saturated carbocycles. The zero-order chi connectivity index (χ0) is 51.2. The topological polar surface area (TPSA) is 190 Å². The molecule has 8 atom stereocenters. The average Bonchev–Trinajstić information content (AvgIpc) is 4.15. The van der Waals surface area contributed by atoms with Gasteiger partial charge in [-0.05, 0) is 96.7 Å². The highest BCUT2D eigenvalue weighted by Gasteiger charge is 2.58. The standard InChI is InChI=1S/C56H92N4O12/c1-49(2)37-13-9-17-46(62)58-42-34-55(69-25-26-70-55)31-39(51(42,5)6)15-11-19-48(64)60-44-36-56(71-27-28-72-56)32-40(52(44,7)8)16-12-20-47(63)59-43-35-54(67-23-24-68-54)30-38(50(43,3)4)14-10-18-45(61)57-41(49)33-53(29-37)65-21-22-66-53/h37-44H,9-36H2,1-8H3,(H,57,61)(H,58,62)(H,59,63)(H,60,64)/t37-,38-,39-,40-,41-,42-,43-,44-/m1/s1. The first-order valence-corrected chi connectivity index (χ1v) is 28.4. The quantitative estimate of drug-likeness (QED) is 0.189. The predicted molar refractivity (Wildman–Crippen MR) is 268 cm³/mol. The lowest BCUT2D eigenvalue weighted by Crippen LogP contribution is -2.59. The minimum atomic E-state index is -0.756. The lowest BCUT2D eigenvalue weighted by Gasteiger charge is -2.52. The van der Waals surface area contributed by atoms with Crippen molar-refractivity contribution < 1.29 is 57.1 Å². The Bertz CT molecular complexity index is 1660. The smallest absolute Gasteiger partial charge is 0.220 e. The van der Waals surface area contributed by atoms with E-state index in [2.05, 4.69) is 76.7 Å². The van der Waals surface area contributed by atoms with Gasteiger partial charge < -0.3 is 59.2 Å². The van der Waals surface area contributed by atoms with Crippen LogP contribution < -0.4 is 21.3 Å². The van der Waals surface area contributed by atoms with Crippen molar-refractivity contribution >= 4 is 23.6 Å². The molecule has 16 nitrogen and oxygen atoms in total. The maximum atomic E-state index is 14.1. The highest BCUT2D eigenvalue weighted by molar-refractivity contribution is 5.77. The molecule has 9 fully saturated rings. The van der Waals surface area contributed by atoms with Crippen LogP contribution in [0.5, 0.6) is 0 Å². The molecule has 5 aliphatic heterocycles. The van der Waals surface area contributed by atoms with Crippen molar-refractivity contribution in [3.8, 4) is 0 Å². The van der Waals surface area contributed by atoms with Crippen LogP contribution in [0, 0.1) is 45.3 Å². The van der Waals surface area contributed by atoms with Crippen LogP contribution in [-0.2, 0) is 57.1 Å². The Morgan fingerprint density at radius 1 is 0.306 bits per heavy atom. The number of amides is 4. The number of carbonyl (C=O) groups is 4. The number of ether oxygens (including phenoxy) is 8. The van der Waals surface area contributed by atoms with Gasteiger partial charge in [0.15, 0.2) is 23.1 Å². The van der Waals surface area contributed by atoms with Crippen molar-refractivity contribution in [2.75, 3.05) is 52.9 Å². The van der Waals surface area contributed by atoms with E-state index in [4.69, 9.17) is 37.9 Å². The monoisotopic (exact) mass is 1010 g/mol. The summed E-state index contributed by atoms with van der Waals surface area (Å²) in [5.74, 6) is -2.40. The lowest BCUT2D eigenvalue weighted by molar-refractivity contribution is -0.213. The molecule has 4 amide bonds. The normalized spacial score (nSPS) is 38.0. The third-order valence-corrected chi connectivity index (χ3v) is 20.5. The van der Waals surface area contributed by atoms with E-state index in [-0.39, 0.29) is 93.1 Å². The second-order valence-electron chi connectivity index (χ2n) is 26.2. The van der Waals surface area contributed by atoms with E-state index in [0.29, 0.717) is 156 Å². The first-order valence-electron chi connectivity index (χ1n) is 28.4. The maximum absolute atomic E-state index is 14.1. The fraction of sp³-hybridized carbons (Fsp3) is 0.929. The van der Waals surface area contributed by atoms with Crippen LogP contribution in [0.2, 0.25) is 0 Å². The van der Waals surface area contributed by atoms with Crippen molar-refractivity contribution in [3.05, 3.63) is 0 Å². The van der Waals surface area contributed by atoms with Crippen molar-refractivity contribution in [2.24, 2.45) is 45.3 Å². The van der Waals surface area contributed by atoms with Crippen molar-refractivity contribution in [1.29, 1.82) is 0 Å². The Balaban J connectivity index is 0.936. The fourth-order valence-corrected chi connectivity index (χ4v) is 15.2. The predicted octanol–water partition coefficient (Wildman–Crippen LogP) is 7.34. The van der Waals surface area contributed by atoms with Crippen molar-refractivity contribution in [2.45, 2.75) is 231 Å². The number of hydrogen-bond acceptors (Lipinski definition) is 12. The van der Waals surface area contributed by atoms with Crippen LogP contribution in [0.15, 0.2) is 0 Å². The largest absolute Gasteiger partial charge is 0.353 e. The van der Waals surface area contributed by atoms with E-state index in [0.717, 1.165) is 25.7 Å². The second kappa shape index (κ2) is 21.2. The highest BCUT2D eigenvalue weighted by Crippen LogP contribution is 2.54. The molecule has 0 aromatic heterocycles. The molecule has 0 aromatic rings. The Labute approximate surface area is 430 Å². The van der Waals surface area contributed by atoms with Crippen LogP contribution in [0.25, 0.3) is 0 Å². The molecule has 0 radical (unpaired) electrons. The van der Waals surface area contributed by atoms with E-state index >= 15 is 0 Å². The number of nitrogens with one attached hydrogen (secondary N) is 4. The zero-order valence-electron chi connectivity index (χ0n) is 45.3. The Morgan fingerprint density at radius 3 is 0.667 bits per heavy atom. The number of hydrogen-bond donors (Lipinski definition) is 4. The average molecular weight is 1010 g/mol. The molecule has 8 bridgehead atoms. The molecule has 5 heterocycles. The maximum Gasteiger partial charge on any atom is 0.220 e. The molecule has 0 aromatic carbocycles. The van der Waals surface area contributed by atoms with Gasteiger partial charge >= 0.3 is 0 Å². The van der Waals surface area contributed by atoms with Gasteiger partial charge in [-0.25, -0.2) is 0 Å². The fourth-order valence-electron chi connectivity index (χ4n) is 15.2. The molecule has 0 unspecified atom stereocenters. The van der Waals surface area contributed by atoms with E-state index in [1.807, 2.05) is 0 Å². The van der Waals surface area contributed by atoms with Gasteiger partial charge in [0, 0.05) is 101 Å². The van der Waals surface area contributed by atoms with Crippen LogP contribution in [0.3, 0.4) is 0 Å². The molecule has 408 valence electrons. The zero-order valence-corrected chi connectivity index (χ0v) is 45.3. The summed E-state index contributed by atoms with van der Waals surface area (Å²) in [6.07, 6.45) is 12.6. The van der Waals surface area contributed by atoms with Gasteiger partial charge in [-0.2, -0.15) is 0 Å². The Morgan fingerprint density at radius 2 is 0.486 bits per heavy atom. The van der Waals surface area contributed by atoms with Gasteiger partial charge in [0.25, 0.3) is 0 Å². The van der Waals surface area contributed by atoms with E-state index in [9.17, 15) is 19.2 Å². The summed E-state index contributed by atoms with van der Waals surface area (Å²) in [6.45, 7) is 22.1. The van der Waals surface area contributed by atoms with Crippen LogP contribution >= 0.6 is 0 Å². The summed E-state index contributed by atoms with van der Waals surface area (Å²) in [6, 6.07) is -0.708. The minimum Gasteiger partial charge on any atom is -0.353 e. The SMILES string of the molecule is CC1(C)[C@@H]2CCCC(=O)N[C@@H]3CC4(C[C@@H](CCCC(=O)N[C@@H]5CC6(C[C@@H](CCCC(=O)N[C@@H]7CC8(C[C@@H](CCCC(=O)N[C@@H]1CC1(C2)OCCO1)C7(C)C)OCCO8)C5(C)C)OCCO6)C3(C)C)OCCO4. The lowest BCUT2D eigenvalue weighted by atomic mass is 9.61. The first kappa shape index (κ1) is 54.4. The number of fused-ring (bicyclic) bond motifs is 8. The second-order valence-corrected chi connectivity index (χ2v) is 26.2. The molecule has 72 heavy (non-hydrogen) atoms. The van der Waals surface area contributed by atoms with E-state index < -0.39 is 23.1 Å². The third kappa shape index (κ3) is 11.5. The van der Waals surface area contributed by atoms with Gasteiger partial charge in [0.1, 0.15) is 0 Å². The summed E-state index contributed by atoms with van der Waals surface area (Å²) in [5.41, 5.74) is -1.11. The number of rotatable bonds is 0. The molecule has 5 saturated heterocycles. The summed E-state index contributed by atoms with van der Waals surface area (Å²) in [7, 11) is 0. The van der Waals surface area contributed by atoms with Crippen LogP contribution in [0.4, 0.5) is 0 Å². The third-order valence-electron chi connectivity index (χ3n) is 20.5. The van der Waals surface area contributed by atoms with E-state index in [1.165, 1.54) is 0 Å². The van der Waals surface area contributed by atoms with Gasteiger partial charge in [0.05, 0.1) is 52.9 Å². The molecule has 4 spiro atoms. The molecule has 9 aliphatic rings. The molecule has 4 aliphatic carbocycles. The summed E-state index contributed by atoms with van der Waals surface area (Å²) < 4.78 is 50.8. The van der Waals surface area contributed by atoms with Crippen LogP contribution in [-0.4, -0.2) is 124 Å². The van der Waals surface area contributed by atoms with E-state index in [1.54, 1.807) is 0 Å². The van der Waals surface area contributed by atoms with Gasteiger partial charge in [0.2, 0.25) is 23.6 Å². The van der Waals surface area contributed by atoms with Gasteiger partial charge in [-0.3, -0.25) is 19.2 Å². The first-order chi connectivity index (χ1) is 34.1. The van der Waals surface area contributed by atoms with Crippen molar-refractivity contribution in [3.63, 3.8) is 0 Å². The molecule has 9 rings (SSSR count). The van der Waals surface area contributed by atoms with Crippen molar-refractivity contribution in [1.82, 2.24) is 21.3 Å². The molecular weight excluding hydrogens is 921 g/mol. The van der Waals surface area contributed by atoms with Gasteiger partial charge in [-0.15, -0.1) is 0 Å². The minimum absolute atomic E-state index is 0.0157. The Hall–Kier alpha value is -2.44. The summed E-state index contributed by atoms with van der Waals surface area (Å²) >= 11 is 0. The summed E-state index contributed by atoms with van der Waals surface area (Å²) in [5, 5.41) is 13.9. The molecular formula is C56H92N4O12. The van der Waals surface area contributed by atoms with Gasteiger partial charge in [-0.1, -0.05) is 55.4 Å². The summed E-state index contributed by atoms with van der Waals surface area (Å²) in [4.78, 5) is 56.2. The molecule has 16 heteroatoms. The number of carbonyl (C=O) groups excluding carboxylic acids is 4.